The van der Waals surface area contributed by atoms with Crippen LogP contribution in [0.5, 0.6) is 0 Å². The van der Waals surface area contributed by atoms with Gasteiger partial charge in [0.15, 0.2) is 0 Å². The lowest BCUT2D eigenvalue weighted by atomic mass is 10.0. The van der Waals surface area contributed by atoms with Crippen molar-refractivity contribution in [3.63, 3.8) is 0 Å². The molecule has 4 heteroatoms. The van der Waals surface area contributed by atoms with Crippen molar-refractivity contribution in [2.24, 2.45) is 0 Å². The van der Waals surface area contributed by atoms with Crippen LogP contribution in [0.15, 0.2) is 79.4 Å². The zero-order valence-corrected chi connectivity index (χ0v) is 16.1. The Hall–Kier alpha value is -3.53. The predicted octanol–water partition coefficient (Wildman–Crippen LogP) is 6.04. The quantitative estimate of drug-likeness (QED) is 0.538. The van der Waals surface area contributed by atoms with Crippen LogP contribution in [0, 0.1) is 0 Å². The highest BCUT2D eigenvalue weighted by atomic mass is 16.1. The Balaban J connectivity index is 0.00000300. The summed E-state index contributed by atoms with van der Waals surface area (Å²) in [4.78, 5) is 21.5. The van der Waals surface area contributed by atoms with Gasteiger partial charge in [0.05, 0.1) is 22.4 Å². The van der Waals surface area contributed by atoms with Crippen molar-refractivity contribution < 1.29 is 6.22 Å². The van der Waals surface area contributed by atoms with Gasteiger partial charge in [-0.15, -0.1) is 0 Å². The number of nitrogens with zero attached hydrogens (tertiary/aromatic N) is 2. The number of benzene rings is 2. The summed E-state index contributed by atoms with van der Waals surface area (Å²) in [5, 5.41) is 2.88. The molecule has 1 amide bonds. The summed E-state index contributed by atoms with van der Waals surface area (Å²) in [5.74, 6) is -0.0320. The summed E-state index contributed by atoms with van der Waals surface area (Å²) in [6, 6.07) is 15.5. The molecule has 2 aromatic carbocycles. The molecule has 4 nitrogen and oxygen atoms in total. The van der Waals surface area contributed by atoms with Gasteiger partial charge >= 0.3 is 0 Å². The normalized spacial score (nSPS) is 11.7. The van der Waals surface area contributed by atoms with Crippen molar-refractivity contribution in [1.82, 2.24) is 9.97 Å². The molecule has 0 saturated heterocycles. The highest BCUT2D eigenvalue weighted by Gasteiger charge is 2.14. The van der Waals surface area contributed by atoms with E-state index < -0.39 is 0 Å². The molecule has 0 aliphatic carbocycles. The Kier molecular flexibility index (Phi) is 6.12. The zero-order valence-electron chi connectivity index (χ0n) is 16.1. The number of hydrogen-bond acceptors (Lipinski definition) is 3. The molecule has 0 radical (unpaired) electrons. The third-order valence-electron chi connectivity index (χ3n) is 4.28. The Morgan fingerprint density at radius 1 is 1.14 bits per heavy atom. The minimum Gasteiger partial charge on any atom is -0.326 e. The number of carbonyl (C=O) groups is 1. The maximum Gasteiger partial charge on any atom is 0.224 e. The van der Waals surface area contributed by atoms with E-state index in [1.165, 1.54) is 0 Å². The summed E-state index contributed by atoms with van der Waals surface area (Å²) in [5.41, 5.74) is 5.63. The van der Waals surface area contributed by atoms with Crippen LogP contribution in [-0.4, -0.2) is 15.9 Å². The average Bonchev–Trinajstić information content (AvgIpc) is 2.74. The largest absolute Gasteiger partial charge is 0.326 e. The fraction of sp³-hybridized carbons (Fsp3) is 0.125. The van der Waals surface area contributed by atoms with Gasteiger partial charge in [0, 0.05) is 24.7 Å². The van der Waals surface area contributed by atoms with E-state index in [4.69, 9.17) is 9.97 Å². The SMILES string of the molecule is C=C/C(=C\C=C/C)c1nc2ccc(NC(=O)CC)cc2nc1-c1ccccc1.[HH]. The number of anilines is 1. The van der Waals surface area contributed by atoms with Crippen molar-refractivity contribution in [1.29, 1.82) is 0 Å². The number of aromatic nitrogens is 2. The third kappa shape index (κ3) is 4.23. The van der Waals surface area contributed by atoms with Gasteiger partial charge in [-0.1, -0.05) is 68.1 Å². The standard InChI is InChI=1S/C24H23N3O.H2/c1-4-7-11-17(5-2)23-24(18-12-9-8-10-13-18)27-21-16-19(25-22(28)6-3)14-15-20(21)26-23;/h4-5,7-16H,2,6H2,1,3H3,(H,25,28);1H/b7-4-,17-11+;. The number of fused-ring (bicyclic) bond motifs is 1. The summed E-state index contributed by atoms with van der Waals surface area (Å²) in [7, 11) is 0. The van der Waals surface area contributed by atoms with Gasteiger partial charge < -0.3 is 5.32 Å². The molecule has 0 unspecified atom stereocenters. The summed E-state index contributed by atoms with van der Waals surface area (Å²) in [6.45, 7) is 7.73. The summed E-state index contributed by atoms with van der Waals surface area (Å²) in [6.07, 6.45) is 8.11. The molecule has 142 valence electrons. The van der Waals surface area contributed by atoms with Gasteiger partial charge in [0.2, 0.25) is 5.91 Å². The Morgan fingerprint density at radius 2 is 1.93 bits per heavy atom. The molecule has 1 N–H and O–H groups in total. The van der Waals surface area contributed by atoms with Crippen LogP contribution in [0.1, 0.15) is 27.4 Å². The molecule has 0 saturated carbocycles. The maximum atomic E-state index is 11.7. The van der Waals surface area contributed by atoms with Crippen molar-refractivity contribution in [3.05, 3.63) is 85.1 Å². The van der Waals surface area contributed by atoms with Gasteiger partial charge in [-0.2, -0.15) is 0 Å². The zero-order chi connectivity index (χ0) is 19.9. The molecule has 0 spiro atoms. The van der Waals surface area contributed by atoms with Gasteiger partial charge in [-0.3, -0.25) is 4.79 Å². The number of carbonyl (C=O) groups excluding carboxylic acids is 1. The Labute approximate surface area is 166 Å². The molecule has 3 rings (SSSR count). The monoisotopic (exact) mass is 371 g/mol. The second kappa shape index (κ2) is 8.91. The summed E-state index contributed by atoms with van der Waals surface area (Å²) < 4.78 is 0. The molecule has 0 bridgehead atoms. The minimum atomic E-state index is -0.0320. The number of nitrogens with one attached hydrogen (secondary N) is 1. The van der Waals surface area contributed by atoms with E-state index in [1.54, 1.807) is 6.08 Å². The van der Waals surface area contributed by atoms with Gasteiger partial charge in [-0.25, -0.2) is 9.97 Å². The smallest absolute Gasteiger partial charge is 0.224 e. The first-order chi connectivity index (χ1) is 13.7. The molecule has 1 heterocycles. The maximum absolute atomic E-state index is 11.7. The Bertz CT molecular complexity index is 1070. The number of allylic oxidation sites excluding steroid dienone is 5. The minimum absolute atomic E-state index is 0. The first kappa shape index (κ1) is 19.2. The number of amides is 1. The highest BCUT2D eigenvalue weighted by molar-refractivity contribution is 5.94. The van der Waals surface area contributed by atoms with E-state index >= 15 is 0 Å². The fourth-order valence-electron chi connectivity index (χ4n) is 2.82. The molecule has 0 aliphatic heterocycles. The van der Waals surface area contributed by atoms with E-state index in [0.717, 1.165) is 33.6 Å². The summed E-state index contributed by atoms with van der Waals surface area (Å²) >= 11 is 0. The topological polar surface area (TPSA) is 54.9 Å². The van der Waals surface area contributed by atoms with Crippen molar-refractivity contribution in [2.75, 3.05) is 5.32 Å². The van der Waals surface area contributed by atoms with E-state index in [0.29, 0.717) is 12.1 Å². The number of rotatable bonds is 6. The molecular formula is C24H25N3O. The lowest BCUT2D eigenvalue weighted by Crippen LogP contribution is -2.09. The van der Waals surface area contributed by atoms with Gasteiger partial charge in [0.25, 0.3) is 0 Å². The van der Waals surface area contributed by atoms with Crippen LogP contribution in [0.25, 0.3) is 27.9 Å². The van der Waals surface area contributed by atoms with Crippen LogP contribution in [-0.2, 0) is 4.79 Å². The fourth-order valence-corrected chi connectivity index (χ4v) is 2.82. The van der Waals surface area contributed by atoms with Crippen LogP contribution in [0.4, 0.5) is 5.69 Å². The molecule has 0 fully saturated rings. The highest BCUT2D eigenvalue weighted by Crippen LogP contribution is 2.29. The van der Waals surface area contributed by atoms with Crippen molar-refractivity contribution in [2.45, 2.75) is 20.3 Å². The van der Waals surface area contributed by atoms with Gasteiger partial charge in [0.1, 0.15) is 0 Å². The van der Waals surface area contributed by atoms with Crippen LogP contribution in [0.3, 0.4) is 0 Å². The molecule has 0 aliphatic rings. The molecule has 0 atom stereocenters. The Morgan fingerprint density at radius 3 is 2.61 bits per heavy atom. The molecule has 28 heavy (non-hydrogen) atoms. The van der Waals surface area contributed by atoms with Crippen molar-refractivity contribution in [3.8, 4) is 11.3 Å². The second-order valence-electron chi connectivity index (χ2n) is 6.24. The van der Waals surface area contributed by atoms with E-state index in [-0.39, 0.29) is 7.33 Å². The van der Waals surface area contributed by atoms with Crippen LogP contribution >= 0.6 is 0 Å². The van der Waals surface area contributed by atoms with E-state index in [2.05, 4.69) is 11.9 Å². The first-order valence-corrected chi connectivity index (χ1v) is 9.29. The van der Waals surface area contributed by atoms with Crippen LogP contribution < -0.4 is 5.32 Å². The van der Waals surface area contributed by atoms with E-state index in [1.807, 2.05) is 80.6 Å². The molecular weight excluding hydrogens is 346 g/mol. The van der Waals surface area contributed by atoms with Gasteiger partial charge in [-0.05, 0) is 25.1 Å². The number of hydrogen-bond donors (Lipinski definition) is 1. The van der Waals surface area contributed by atoms with Crippen molar-refractivity contribution >= 4 is 28.2 Å². The third-order valence-corrected chi connectivity index (χ3v) is 4.28. The first-order valence-electron chi connectivity index (χ1n) is 9.29. The second-order valence-corrected chi connectivity index (χ2v) is 6.24. The van der Waals surface area contributed by atoms with E-state index in [9.17, 15) is 4.79 Å². The average molecular weight is 371 g/mol. The lowest BCUT2D eigenvalue weighted by Gasteiger charge is -2.12. The molecule has 1 aromatic heterocycles. The molecule has 3 aromatic rings. The lowest BCUT2D eigenvalue weighted by molar-refractivity contribution is -0.115. The predicted molar refractivity (Wildman–Crippen MR) is 119 cm³/mol. The van der Waals surface area contributed by atoms with Crippen LogP contribution in [0.2, 0.25) is 0 Å².